The molecule has 0 spiro atoms. The lowest BCUT2D eigenvalue weighted by Crippen LogP contribution is -2.41. The van der Waals surface area contributed by atoms with Crippen LogP contribution in [-0.4, -0.2) is 25.8 Å². The van der Waals surface area contributed by atoms with Crippen LogP contribution in [0.25, 0.3) is 0 Å². The summed E-state index contributed by atoms with van der Waals surface area (Å²) in [6, 6.07) is 12.3. The van der Waals surface area contributed by atoms with Gasteiger partial charge in [0.2, 0.25) is 0 Å². The first-order valence-corrected chi connectivity index (χ1v) is 4.71. The van der Waals surface area contributed by atoms with Crippen LogP contribution in [0.15, 0.2) is 30.3 Å². The van der Waals surface area contributed by atoms with Gasteiger partial charge >= 0.3 is 0 Å². The lowest BCUT2D eigenvalue weighted by Gasteiger charge is -2.31. The standard InChI is InChI=1S/C11H12N2O/c12-8-11-9-13(6-7-14-11)10-4-2-1-3-5-10/h1-5,11H,6-7,9H2. The summed E-state index contributed by atoms with van der Waals surface area (Å²) in [5.41, 5.74) is 1.16. The van der Waals surface area contributed by atoms with Crippen LogP contribution in [0.3, 0.4) is 0 Å². The predicted molar refractivity (Wildman–Crippen MR) is 54.0 cm³/mol. The van der Waals surface area contributed by atoms with Crippen LogP contribution in [0.1, 0.15) is 0 Å². The van der Waals surface area contributed by atoms with Gasteiger partial charge in [0.05, 0.1) is 19.2 Å². The Hall–Kier alpha value is -1.53. The average molecular weight is 188 g/mol. The Bertz CT molecular complexity index is 331. The maximum absolute atomic E-state index is 8.75. The highest BCUT2D eigenvalue weighted by Gasteiger charge is 2.19. The molecule has 1 heterocycles. The molecular weight excluding hydrogens is 176 g/mol. The molecule has 1 saturated heterocycles. The number of anilines is 1. The molecule has 0 saturated carbocycles. The monoisotopic (exact) mass is 188 g/mol. The van der Waals surface area contributed by atoms with Crippen molar-refractivity contribution in [3.63, 3.8) is 0 Å². The molecule has 0 N–H and O–H groups in total. The number of ether oxygens (including phenoxy) is 1. The number of nitriles is 1. The fourth-order valence-electron chi connectivity index (χ4n) is 1.60. The van der Waals surface area contributed by atoms with Gasteiger partial charge in [-0.25, -0.2) is 0 Å². The fourth-order valence-corrected chi connectivity index (χ4v) is 1.60. The van der Waals surface area contributed by atoms with E-state index in [2.05, 4.69) is 23.1 Å². The number of para-hydroxylation sites is 1. The average Bonchev–Trinajstić information content (AvgIpc) is 2.30. The van der Waals surface area contributed by atoms with Crippen molar-refractivity contribution in [1.29, 1.82) is 5.26 Å². The highest BCUT2D eigenvalue weighted by molar-refractivity contribution is 5.46. The van der Waals surface area contributed by atoms with Crippen molar-refractivity contribution >= 4 is 5.69 Å². The van der Waals surface area contributed by atoms with Crippen molar-refractivity contribution in [3.05, 3.63) is 30.3 Å². The molecule has 0 aromatic heterocycles. The van der Waals surface area contributed by atoms with E-state index in [-0.39, 0.29) is 6.10 Å². The number of morpholine rings is 1. The van der Waals surface area contributed by atoms with E-state index in [0.717, 1.165) is 12.2 Å². The summed E-state index contributed by atoms with van der Waals surface area (Å²) in [5.74, 6) is 0. The molecule has 1 fully saturated rings. The van der Waals surface area contributed by atoms with Gasteiger partial charge in [-0.1, -0.05) is 18.2 Å². The molecule has 72 valence electrons. The summed E-state index contributed by atoms with van der Waals surface area (Å²) >= 11 is 0. The first-order valence-electron chi connectivity index (χ1n) is 4.71. The number of benzene rings is 1. The normalized spacial score (nSPS) is 21.6. The summed E-state index contributed by atoms with van der Waals surface area (Å²) in [6.07, 6.45) is -0.288. The molecule has 2 rings (SSSR count). The van der Waals surface area contributed by atoms with Gasteiger partial charge in [0.25, 0.3) is 0 Å². The van der Waals surface area contributed by atoms with E-state index in [9.17, 15) is 0 Å². The second-order valence-electron chi connectivity index (χ2n) is 3.27. The third-order valence-electron chi connectivity index (χ3n) is 2.33. The second kappa shape index (κ2) is 4.12. The predicted octanol–water partition coefficient (Wildman–Crippen LogP) is 1.42. The number of rotatable bonds is 1. The first-order chi connectivity index (χ1) is 6.90. The van der Waals surface area contributed by atoms with E-state index in [1.54, 1.807) is 0 Å². The van der Waals surface area contributed by atoms with E-state index in [0.29, 0.717) is 13.2 Å². The molecular formula is C11H12N2O. The van der Waals surface area contributed by atoms with Crippen LogP contribution in [0, 0.1) is 11.3 Å². The van der Waals surface area contributed by atoms with Crippen LogP contribution in [-0.2, 0) is 4.74 Å². The Labute approximate surface area is 83.5 Å². The largest absolute Gasteiger partial charge is 0.366 e. The van der Waals surface area contributed by atoms with Gasteiger partial charge in [-0.2, -0.15) is 5.26 Å². The molecule has 0 radical (unpaired) electrons. The van der Waals surface area contributed by atoms with Crippen molar-refractivity contribution < 1.29 is 4.74 Å². The third-order valence-corrected chi connectivity index (χ3v) is 2.33. The van der Waals surface area contributed by atoms with Gasteiger partial charge in [-0.3, -0.25) is 0 Å². The molecule has 1 aliphatic rings. The molecule has 0 aliphatic carbocycles. The van der Waals surface area contributed by atoms with Gasteiger partial charge in [0, 0.05) is 12.2 Å². The minimum absolute atomic E-state index is 0.288. The number of hydrogen-bond acceptors (Lipinski definition) is 3. The molecule has 0 amide bonds. The number of hydrogen-bond donors (Lipinski definition) is 0. The SMILES string of the molecule is N#CC1CN(c2ccccc2)CCO1. The highest BCUT2D eigenvalue weighted by Crippen LogP contribution is 2.16. The zero-order valence-electron chi connectivity index (χ0n) is 7.89. The highest BCUT2D eigenvalue weighted by atomic mass is 16.5. The van der Waals surface area contributed by atoms with Crippen LogP contribution in [0.4, 0.5) is 5.69 Å². The molecule has 1 unspecified atom stereocenters. The zero-order valence-corrected chi connectivity index (χ0v) is 7.89. The lowest BCUT2D eigenvalue weighted by atomic mass is 10.2. The number of nitrogens with zero attached hydrogens (tertiary/aromatic N) is 2. The van der Waals surface area contributed by atoms with Gasteiger partial charge in [0.1, 0.15) is 0 Å². The molecule has 1 aromatic rings. The van der Waals surface area contributed by atoms with Crippen molar-refractivity contribution in [3.8, 4) is 6.07 Å². The Kier molecular flexibility index (Phi) is 2.66. The lowest BCUT2D eigenvalue weighted by molar-refractivity contribution is 0.0764. The molecule has 1 aliphatic heterocycles. The molecule has 1 aromatic carbocycles. The van der Waals surface area contributed by atoms with Crippen LogP contribution in [0.2, 0.25) is 0 Å². The van der Waals surface area contributed by atoms with Gasteiger partial charge in [-0.05, 0) is 12.1 Å². The summed E-state index contributed by atoms with van der Waals surface area (Å²) in [4.78, 5) is 2.18. The molecule has 3 heteroatoms. The Morgan fingerprint density at radius 3 is 2.86 bits per heavy atom. The molecule has 14 heavy (non-hydrogen) atoms. The van der Waals surface area contributed by atoms with E-state index in [1.807, 2.05) is 18.2 Å². The molecule has 0 bridgehead atoms. The first kappa shape index (κ1) is 9.04. The van der Waals surface area contributed by atoms with Crippen molar-refractivity contribution in [1.82, 2.24) is 0 Å². The van der Waals surface area contributed by atoms with Gasteiger partial charge < -0.3 is 9.64 Å². The van der Waals surface area contributed by atoms with Gasteiger partial charge in [-0.15, -0.1) is 0 Å². The van der Waals surface area contributed by atoms with Crippen LogP contribution < -0.4 is 4.90 Å². The summed E-state index contributed by atoms with van der Waals surface area (Å²) in [5, 5.41) is 8.75. The Balaban J connectivity index is 2.09. The topological polar surface area (TPSA) is 36.3 Å². The quantitative estimate of drug-likeness (QED) is 0.668. The third kappa shape index (κ3) is 1.86. The van der Waals surface area contributed by atoms with Crippen molar-refractivity contribution in [2.75, 3.05) is 24.6 Å². The maximum Gasteiger partial charge on any atom is 0.161 e. The summed E-state index contributed by atoms with van der Waals surface area (Å²) < 4.78 is 5.28. The Morgan fingerprint density at radius 2 is 2.14 bits per heavy atom. The van der Waals surface area contributed by atoms with E-state index < -0.39 is 0 Å². The minimum atomic E-state index is -0.288. The van der Waals surface area contributed by atoms with Crippen molar-refractivity contribution in [2.24, 2.45) is 0 Å². The molecule has 3 nitrogen and oxygen atoms in total. The molecule has 1 atom stereocenters. The summed E-state index contributed by atoms with van der Waals surface area (Å²) in [6.45, 7) is 2.16. The van der Waals surface area contributed by atoms with Crippen LogP contribution >= 0.6 is 0 Å². The van der Waals surface area contributed by atoms with Crippen molar-refractivity contribution in [2.45, 2.75) is 6.10 Å². The summed E-state index contributed by atoms with van der Waals surface area (Å²) in [7, 11) is 0. The van der Waals surface area contributed by atoms with Crippen LogP contribution in [0.5, 0.6) is 0 Å². The smallest absolute Gasteiger partial charge is 0.161 e. The van der Waals surface area contributed by atoms with E-state index >= 15 is 0 Å². The fraction of sp³-hybridized carbons (Fsp3) is 0.364. The zero-order chi connectivity index (χ0) is 9.80. The minimum Gasteiger partial charge on any atom is -0.366 e. The second-order valence-corrected chi connectivity index (χ2v) is 3.27. The van der Waals surface area contributed by atoms with E-state index in [1.165, 1.54) is 0 Å². The Morgan fingerprint density at radius 1 is 1.36 bits per heavy atom. The van der Waals surface area contributed by atoms with Gasteiger partial charge in [0.15, 0.2) is 6.10 Å². The maximum atomic E-state index is 8.75. The van der Waals surface area contributed by atoms with E-state index in [4.69, 9.17) is 10.00 Å².